The van der Waals surface area contributed by atoms with E-state index in [1.54, 1.807) is 0 Å². The molecule has 0 heterocycles. The number of carbonyl (C=O) groups is 1. The summed E-state index contributed by atoms with van der Waals surface area (Å²) < 4.78 is 0. The Hall–Kier alpha value is -1.11. The molecule has 1 heteroatoms. The fourth-order valence-electron chi connectivity index (χ4n) is 2.22. The van der Waals surface area contributed by atoms with Gasteiger partial charge in [0.25, 0.3) is 0 Å². The van der Waals surface area contributed by atoms with Crippen LogP contribution >= 0.6 is 0 Å². The first-order valence-corrected chi connectivity index (χ1v) is 5.83. The van der Waals surface area contributed by atoms with Crippen LogP contribution in [0.2, 0.25) is 0 Å². The first-order chi connectivity index (χ1) is 7.22. The van der Waals surface area contributed by atoms with Crippen molar-refractivity contribution < 1.29 is 4.79 Å². The van der Waals surface area contributed by atoms with Crippen molar-refractivity contribution in [1.82, 2.24) is 0 Å². The summed E-state index contributed by atoms with van der Waals surface area (Å²) in [6, 6.07) is 8.47. The molecule has 1 aliphatic carbocycles. The van der Waals surface area contributed by atoms with Gasteiger partial charge in [0.2, 0.25) is 0 Å². The Balaban J connectivity index is 1.98. The molecule has 0 amide bonds. The number of ketones is 1. The quantitative estimate of drug-likeness (QED) is 0.732. The first-order valence-electron chi connectivity index (χ1n) is 5.83. The largest absolute Gasteiger partial charge is 0.299 e. The summed E-state index contributed by atoms with van der Waals surface area (Å²) in [5.41, 5.74) is 2.83. The summed E-state index contributed by atoms with van der Waals surface area (Å²) in [6.07, 6.45) is 2.80. The lowest BCUT2D eigenvalue weighted by atomic mass is 9.74. The van der Waals surface area contributed by atoms with Gasteiger partial charge in [-0.1, -0.05) is 38.1 Å². The van der Waals surface area contributed by atoms with Crippen molar-refractivity contribution in [3.63, 3.8) is 0 Å². The number of Topliss-reactive ketones (excluding diaryl/α,β-unsaturated/α-hetero) is 1. The van der Waals surface area contributed by atoms with E-state index in [1.165, 1.54) is 11.1 Å². The first kappa shape index (κ1) is 10.4. The maximum absolute atomic E-state index is 11.8. The molecule has 2 rings (SSSR count). The smallest absolute Gasteiger partial charge is 0.136 e. The number of hydrogen-bond donors (Lipinski definition) is 0. The Bertz CT molecular complexity index is 367. The third-order valence-electron chi connectivity index (χ3n) is 3.57. The molecule has 0 radical (unpaired) electrons. The normalized spacial score (nSPS) is 20.3. The van der Waals surface area contributed by atoms with E-state index in [4.69, 9.17) is 0 Å². The van der Waals surface area contributed by atoms with E-state index in [2.05, 4.69) is 31.2 Å². The van der Waals surface area contributed by atoms with Crippen molar-refractivity contribution in [3.8, 4) is 0 Å². The summed E-state index contributed by atoms with van der Waals surface area (Å²) in [6.45, 7) is 4.12. The van der Waals surface area contributed by atoms with Crippen molar-refractivity contribution in [3.05, 3.63) is 35.4 Å². The van der Waals surface area contributed by atoms with Crippen molar-refractivity contribution in [2.24, 2.45) is 5.92 Å². The van der Waals surface area contributed by atoms with Gasteiger partial charge in [0.15, 0.2) is 0 Å². The van der Waals surface area contributed by atoms with E-state index in [-0.39, 0.29) is 5.92 Å². The lowest BCUT2D eigenvalue weighted by molar-refractivity contribution is -0.122. The van der Waals surface area contributed by atoms with Crippen molar-refractivity contribution >= 4 is 5.78 Å². The number of fused-ring (bicyclic) bond motifs is 1. The van der Waals surface area contributed by atoms with Crippen LogP contribution in [0.15, 0.2) is 24.3 Å². The van der Waals surface area contributed by atoms with Crippen LogP contribution in [-0.4, -0.2) is 5.78 Å². The van der Waals surface area contributed by atoms with Gasteiger partial charge in [-0.3, -0.25) is 4.79 Å². The SMILES string of the molecule is CCC(C)C(=O)CC1Cc2ccccc21. The van der Waals surface area contributed by atoms with Crippen LogP contribution in [0.4, 0.5) is 0 Å². The van der Waals surface area contributed by atoms with E-state index in [0.717, 1.165) is 19.3 Å². The Kier molecular flexibility index (Phi) is 2.90. The lowest BCUT2D eigenvalue weighted by Crippen LogP contribution is -2.22. The molecular formula is C14H18O. The van der Waals surface area contributed by atoms with Crippen LogP contribution in [0.5, 0.6) is 0 Å². The summed E-state index contributed by atoms with van der Waals surface area (Å²) in [5.74, 6) is 1.16. The number of hydrogen-bond acceptors (Lipinski definition) is 1. The summed E-state index contributed by atoms with van der Waals surface area (Å²) in [5, 5.41) is 0. The van der Waals surface area contributed by atoms with Crippen LogP contribution in [0.1, 0.15) is 43.7 Å². The van der Waals surface area contributed by atoms with Crippen molar-refractivity contribution in [2.75, 3.05) is 0 Å². The molecule has 1 nitrogen and oxygen atoms in total. The van der Waals surface area contributed by atoms with Gasteiger partial charge >= 0.3 is 0 Å². The van der Waals surface area contributed by atoms with Crippen LogP contribution in [0, 0.1) is 5.92 Å². The minimum Gasteiger partial charge on any atom is -0.299 e. The van der Waals surface area contributed by atoms with Gasteiger partial charge in [-0.05, 0) is 29.9 Å². The molecule has 15 heavy (non-hydrogen) atoms. The van der Waals surface area contributed by atoms with E-state index < -0.39 is 0 Å². The molecule has 2 unspecified atom stereocenters. The average Bonchev–Trinajstić information content (AvgIpc) is 2.24. The Morgan fingerprint density at radius 1 is 1.47 bits per heavy atom. The van der Waals surface area contributed by atoms with E-state index in [1.807, 2.05) is 6.92 Å². The molecule has 1 aromatic carbocycles. The zero-order valence-electron chi connectivity index (χ0n) is 9.49. The Morgan fingerprint density at radius 2 is 2.20 bits per heavy atom. The molecule has 0 saturated carbocycles. The molecule has 0 aliphatic heterocycles. The topological polar surface area (TPSA) is 17.1 Å². The number of benzene rings is 1. The second-order valence-electron chi connectivity index (χ2n) is 4.58. The highest BCUT2D eigenvalue weighted by Crippen LogP contribution is 2.37. The molecule has 0 aromatic heterocycles. The lowest BCUT2D eigenvalue weighted by Gasteiger charge is -2.30. The van der Waals surface area contributed by atoms with Crippen LogP contribution < -0.4 is 0 Å². The molecular weight excluding hydrogens is 184 g/mol. The van der Waals surface area contributed by atoms with Gasteiger partial charge in [-0.25, -0.2) is 0 Å². The minimum atomic E-state index is 0.234. The Labute approximate surface area is 91.5 Å². The summed E-state index contributed by atoms with van der Waals surface area (Å²) in [4.78, 5) is 11.8. The predicted molar refractivity (Wildman–Crippen MR) is 62.0 cm³/mol. The fourth-order valence-corrected chi connectivity index (χ4v) is 2.22. The second-order valence-corrected chi connectivity index (χ2v) is 4.58. The van der Waals surface area contributed by atoms with Gasteiger partial charge in [-0.2, -0.15) is 0 Å². The fraction of sp³-hybridized carbons (Fsp3) is 0.500. The molecule has 2 atom stereocenters. The van der Waals surface area contributed by atoms with Gasteiger partial charge in [-0.15, -0.1) is 0 Å². The standard InChI is InChI=1S/C14H18O/c1-3-10(2)14(15)9-12-8-11-6-4-5-7-13(11)12/h4-7,10,12H,3,8-9H2,1-2H3. The third-order valence-corrected chi connectivity index (χ3v) is 3.57. The number of carbonyl (C=O) groups excluding carboxylic acids is 1. The summed E-state index contributed by atoms with van der Waals surface area (Å²) in [7, 11) is 0. The molecule has 0 fully saturated rings. The molecule has 80 valence electrons. The highest BCUT2D eigenvalue weighted by molar-refractivity contribution is 5.81. The molecule has 0 N–H and O–H groups in total. The van der Waals surface area contributed by atoms with Gasteiger partial charge < -0.3 is 0 Å². The van der Waals surface area contributed by atoms with E-state index >= 15 is 0 Å². The monoisotopic (exact) mass is 202 g/mol. The second kappa shape index (κ2) is 4.18. The highest BCUT2D eigenvalue weighted by Gasteiger charge is 2.28. The van der Waals surface area contributed by atoms with Crippen molar-refractivity contribution in [2.45, 2.75) is 39.0 Å². The van der Waals surface area contributed by atoms with Crippen LogP contribution in [0.3, 0.4) is 0 Å². The molecule has 0 bridgehead atoms. The maximum atomic E-state index is 11.8. The number of rotatable bonds is 4. The van der Waals surface area contributed by atoms with Crippen LogP contribution in [-0.2, 0) is 11.2 Å². The predicted octanol–water partition coefficient (Wildman–Crippen LogP) is 3.33. The highest BCUT2D eigenvalue weighted by atomic mass is 16.1. The van der Waals surface area contributed by atoms with Crippen LogP contribution in [0.25, 0.3) is 0 Å². The van der Waals surface area contributed by atoms with E-state index in [9.17, 15) is 4.79 Å². The zero-order chi connectivity index (χ0) is 10.8. The molecule has 1 aromatic rings. The van der Waals surface area contributed by atoms with Gasteiger partial charge in [0.05, 0.1) is 0 Å². The van der Waals surface area contributed by atoms with Gasteiger partial charge in [0, 0.05) is 12.3 Å². The third kappa shape index (κ3) is 1.97. The minimum absolute atomic E-state index is 0.234. The van der Waals surface area contributed by atoms with Crippen molar-refractivity contribution in [1.29, 1.82) is 0 Å². The average molecular weight is 202 g/mol. The summed E-state index contributed by atoms with van der Waals surface area (Å²) >= 11 is 0. The Morgan fingerprint density at radius 3 is 2.87 bits per heavy atom. The molecule has 1 aliphatic rings. The molecule has 0 saturated heterocycles. The molecule has 0 spiro atoms. The van der Waals surface area contributed by atoms with Gasteiger partial charge in [0.1, 0.15) is 5.78 Å². The van der Waals surface area contributed by atoms with E-state index in [0.29, 0.717) is 11.7 Å². The zero-order valence-corrected chi connectivity index (χ0v) is 9.49. The maximum Gasteiger partial charge on any atom is 0.136 e.